The number of aromatic nitrogens is 2. The number of ether oxygens (including phenoxy) is 1. The van der Waals surface area contributed by atoms with Crippen LogP contribution in [0, 0.1) is 6.92 Å². The lowest BCUT2D eigenvalue weighted by Gasteiger charge is -2.36. The van der Waals surface area contributed by atoms with Crippen LogP contribution in [0.25, 0.3) is 0 Å². The van der Waals surface area contributed by atoms with Gasteiger partial charge in [-0.25, -0.2) is 42.2 Å². The second kappa shape index (κ2) is 16.1. The van der Waals surface area contributed by atoms with Crippen LogP contribution in [0.5, 0.6) is 0 Å². The summed E-state index contributed by atoms with van der Waals surface area (Å²) in [6, 6.07) is 5.26. The molecule has 2 aromatic heterocycles. The van der Waals surface area contributed by atoms with Crippen molar-refractivity contribution in [2.75, 3.05) is 25.4 Å². The zero-order chi connectivity index (χ0) is 41.1. The fourth-order valence-electron chi connectivity index (χ4n) is 4.87. The lowest BCUT2D eigenvalue weighted by Crippen LogP contribution is -2.68. The molecule has 0 saturated carbocycles. The first-order valence-electron chi connectivity index (χ1n) is 16.1. The number of halogens is 2. The van der Waals surface area contributed by atoms with E-state index in [9.17, 15) is 50.8 Å². The Balaban J connectivity index is 1.17. The molecule has 2 saturated heterocycles. The molecule has 4 heterocycles. The number of pyridine rings is 1. The molecule has 25 heteroatoms. The van der Waals surface area contributed by atoms with Crippen molar-refractivity contribution >= 4 is 68.1 Å². The van der Waals surface area contributed by atoms with Gasteiger partial charge in [-0.05, 0) is 26.3 Å². The summed E-state index contributed by atoms with van der Waals surface area (Å²) >= 11 is 0.943. The van der Waals surface area contributed by atoms with Gasteiger partial charge in [0, 0.05) is 17.0 Å². The number of carbonyl (C=O) groups is 6. The SMILES string of the molecule is Cc1c(C(F)F)[nH]c(C(=O)NN2CCN(S(=O)(=O)NC(=O)N3CC(NC(=O)/C(=N/OC(C)(C)C(=O)OCc4ccccc4)c4csc(N)n4)C3=O)C2=O)cc1=O. The molecule has 1 aromatic carbocycles. The number of H-pyrrole nitrogens is 1. The standard InChI is InChI=1S/C31H32F2N10O11S2/c1-15-20(44)11-17(35-21(15)23(32)33)24(45)38-42-9-10-43(30(42)50)56(51,52)40-29(49)41-12-18(26(41)47)36-25(46)22(19-14-55-28(34)37-19)39-54-31(2,3)27(48)53-13-16-7-5-4-6-8-16/h4-8,11,14,18,23H,9-10,12-13H2,1-3H3,(H2,34,37)(H,35,44)(H,36,46)(H,38,45)(H,40,49)/b39-22+. The van der Waals surface area contributed by atoms with E-state index in [1.54, 1.807) is 35.1 Å². The van der Waals surface area contributed by atoms with Gasteiger partial charge in [0.25, 0.3) is 24.1 Å². The number of benzene rings is 1. The van der Waals surface area contributed by atoms with Gasteiger partial charge in [0.1, 0.15) is 24.0 Å². The molecule has 5 rings (SSSR count). The molecular formula is C31H32F2N10O11S2. The van der Waals surface area contributed by atoms with Gasteiger partial charge in [0.2, 0.25) is 5.60 Å². The number of β-lactam (4-membered cyclic amide) rings is 1. The number of oxime groups is 1. The topological polar surface area (TPSA) is 285 Å². The Bertz CT molecular complexity index is 2280. The van der Waals surface area contributed by atoms with Crippen molar-refractivity contribution in [1.82, 2.24) is 39.6 Å². The third-order valence-electron chi connectivity index (χ3n) is 8.02. The Morgan fingerprint density at radius 2 is 1.84 bits per heavy atom. The number of nitrogens with one attached hydrogen (secondary N) is 4. The number of hydrogen-bond acceptors (Lipinski definition) is 15. The number of nitrogens with two attached hydrogens (primary N) is 1. The molecule has 7 amide bonds. The Labute approximate surface area is 318 Å². The molecule has 3 aromatic rings. The van der Waals surface area contributed by atoms with Gasteiger partial charge in [-0.2, -0.15) is 8.42 Å². The number of imide groups is 1. The zero-order valence-electron chi connectivity index (χ0n) is 29.4. The fraction of sp³-hybridized carbons (Fsp3) is 0.323. The number of alkyl halides is 2. The summed E-state index contributed by atoms with van der Waals surface area (Å²) in [6.07, 6.45) is -3.13. The number of esters is 1. The van der Waals surface area contributed by atoms with Crippen molar-refractivity contribution in [2.45, 2.75) is 45.4 Å². The molecule has 2 fully saturated rings. The molecule has 0 aliphatic carbocycles. The molecule has 0 radical (unpaired) electrons. The third-order valence-corrected chi connectivity index (χ3v) is 10.0. The van der Waals surface area contributed by atoms with E-state index < -0.39 is 106 Å². The van der Waals surface area contributed by atoms with Crippen molar-refractivity contribution < 1.29 is 55.5 Å². The molecule has 0 spiro atoms. The number of carbonyl (C=O) groups excluding carboxylic acids is 6. The van der Waals surface area contributed by atoms with Gasteiger partial charge >= 0.3 is 28.2 Å². The summed E-state index contributed by atoms with van der Waals surface area (Å²) in [5.41, 5.74) is 3.42. The monoisotopic (exact) mass is 822 g/mol. The quantitative estimate of drug-likeness (QED) is 0.0671. The molecule has 1 unspecified atom stereocenters. The number of hydrogen-bond donors (Lipinski definition) is 5. The van der Waals surface area contributed by atoms with E-state index in [0.29, 0.717) is 15.5 Å². The second-order valence-electron chi connectivity index (χ2n) is 12.4. The molecule has 21 nitrogen and oxygen atoms in total. The van der Waals surface area contributed by atoms with Crippen LogP contribution < -0.4 is 26.6 Å². The fourth-order valence-corrected chi connectivity index (χ4v) is 6.49. The van der Waals surface area contributed by atoms with E-state index in [-0.39, 0.29) is 27.3 Å². The predicted molar refractivity (Wildman–Crippen MR) is 189 cm³/mol. The van der Waals surface area contributed by atoms with Crippen molar-refractivity contribution in [2.24, 2.45) is 5.16 Å². The third kappa shape index (κ3) is 8.89. The van der Waals surface area contributed by atoms with E-state index in [2.05, 4.69) is 20.4 Å². The van der Waals surface area contributed by atoms with Crippen LogP contribution >= 0.6 is 11.3 Å². The van der Waals surface area contributed by atoms with Crippen LogP contribution in [0.3, 0.4) is 0 Å². The molecule has 0 bridgehead atoms. The molecule has 2 aliphatic rings. The summed E-state index contributed by atoms with van der Waals surface area (Å²) < 4.78 is 59.5. The number of rotatable bonds is 13. The van der Waals surface area contributed by atoms with E-state index in [4.69, 9.17) is 15.3 Å². The van der Waals surface area contributed by atoms with Crippen LogP contribution in [0.1, 0.15) is 53.3 Å². The van der Waals surface area contributed by atoms with E-state index in [0.717, 1.165) is 24.3 Å². The minimum Gasteiger partial charge on any atom is -0.458 e. The van der Waals surface area contributed by atoms with Gasteiger partial charge in [-0.3, -0.25) is 29.5 Å². The normalized spacial score (nSPS) is 16.1. The Morgan fingerprint density at radius 3 is 2.46 bits per heavy atom. The predicted octanol–water partition coefficient (Wildman–Crippen LogP) is 0.266. The highest BCUT2D eigenvalue weighted by molar-refractivity contribution is 7.88. The van der Waals surface area contributed by atoms with Crippen molar-refractivity contribution in [3.63, 3.8) is 0 Å². The van der Waals surface area contributed by atoms with Gasteiger partial charge in [0.05, 0.1) is 25.3 Å². The summed E-state index contributed by atoms with van der Waals surface area (Å²) in [5.74, 6) is -4.15. The first-order chi connectivity index (χ1) is 26.3. The minimum absolute atomic E-state index is 0.0406. The Hall–Kier alpha value is -6.50. The van der Waals surface area contributed by atoms with Gasteiger partial charge in [-0.15, -0.1) is 11.3 Å². The molecule has 2 aliphatic heterocycles. The number of anilines is 1. The van der Waals surface area contributed by atoms with Crippen LogP contribution in [0.15, 0.2) is 51.7 Å². The summed E-state index contributed by atoms with van der Waals surface area (Å²) in [4.78, 5) is 101. The summed E-state index contributed by atoms with van der Waals surface area (Å²) in [6.45, 7) is 2.11. The summed E-state index contributed by atoms with van der Waals surface area (Å²) in [7, 11) is -4.99. The molecule has 6 N–H and O–H groups in total. The molecule has 298 valence electrons. The molecule has 1 atom stereocenters. The lowest BCUT2D eigenvalue weighted by atomic mass is 10.1. The second-order valence-corrected chi connectivity index (χ2v) is 14.9. The Kier molecular flexibility index (Phi) is 11.7. The van der Waals surface area contributed by atoms with E-state index >= 15 is 0 Å². The van der Waals surface area contributed by atoms with Gasteiger partial charge in [0.15, 0.2) is 16.3 Å². The number of likely N-dealkylation sites (tertiary alicyclic amines) is 1. The smallest absolute Gasteiger partial charge is 0.353 e. The highest BCUT2D eigenvalue weighted by atomic mass is 32.2. The number of amides is 7. The average Bonchev–Trinajstić information content (AvgIpc) is 3.74. The maximum atomic E-state index is 13.3. The zero-order valence-corrected chi connectivity index (χ0v) is 31.0. The van der Waals surface area contributed by atoms with Gasteiger partial charge < -0.3 is 25.6 Å². The van der Waals surface area contributed by atoms with E-state index in [1.165, 1.54) is 19.2 Å². The van der Waals surface area contributed by atoms with Crippen LogP contribution in [0.2, 0.25) is 0 Å². The van der Waals surface area contributed by atoms with Crippen LogP contribution in [0.4, 0.5) is 23.5 Å². The van der Waals surface area contributed by atoms with Crippen molar-refractivity contribution in [3.05, 3.63) is 80.2 Å². The van der Waals surface area contributed by atoms with Gasteiger partial charge in [-0.1, -0.05) is 35.5 Å². The first kappa shape index (κ1) is 40.7. The largest absolute Gasteiger partial charge is 0.458 e. The molecular weight excluding hydrogens is 791 g/mol. The highest BCUT2D eigenvalue weighted by Gasteiger charge is 2.46. The van der Waals surface area contributed by atoms with Crippen molar-refractivity contribution in [1.29, 1.82) is 0 Å². The number of nitrogens with zero attached hydrogens (tertiary/aromatic N) is 5. The molecule has 56 heavy (non-hydrogen) atoms. The Morgan fingerprint density at radius 1 is 1.14 bits per heavy atom. The summed E-state index contributed by atoms with van der Waals surface area (Å²) in [5, 5.41) is 8.00. The van der Waals surface area contributed by atoms with E-state index in [1.807, 2.05) is 5.43 Å². The number of aromatic amines is 1. The average molecular weight is 823 g/mol. The maximum absolute atomic E-state index is 13.3. The van der Waals surface area contributed by atoms with Crippen LogP contribution in [-0.4, -0.2) is 105 Å². The van der Waals surface area contributed by atoms with Crippen LogP contribution in [-0.2, 0) is 40.8 Å². The van der Waals surface area contributed by atoms with Crippen molar-refractivity contribution in [3.8, 4) is 0 Å². The lowest BCUT2D eigenvalue weighted by molar-refractivity contribution is -0.169. The number of urea groups is 2. The number of thiazole rings is 1. The number of hydrazine groups is 1. The highest BCUT2D eigenvalue weighted by Crippen LogP contribution is 2.20. The maximum Gasteiger partial charge on any atom is 0.353 e. The minimum atomic E-state index is -4.99. The first-order valence-corrected chi connectivity index (χ1v) is 18.4. The number of nitrogen functional groups attached to an aromatic ring is 1.